The predicted molar refractivity (Wildman–Crippen MR) is 58.4 cm³/mol. The molecular formula is C12H16N2. The molecule has 0 saturated heterocycles. The molecule has 2 aromatic heterocycles. The molecule has 0 unspecified atom stereocenters. The third kappa shape index (κ3) is 1.95. The highest BCUT2D eigenvalue weighted by molar-refractivity contribution is 5.39. The topological polar surface area (TPSA) is 17.3 Å². The Labute approximate surface area is 84.6 Å². The van der Waals surface area contributed by atoms with Crippen LogP contribution in [0.15, 0.2) is 30.6 Å². The molecule has 0 radical (unpaired) electrons. The molecule has 2 heteroatoms. The lowest BCUT2D eigenvalue weighted by Gasteiger charge is -1.92. The summed E-state index contributed by atoms with van der Waals surface area (Å²) in [5.74, 6) is 0. The minimum Gasteiger partial charge on any atom is -0.307 e. The van der Waals surface area contributed by atoms with E-state index in [0.717, 1.165) is 12.1 Å². The Bertz CT molecular complexity index is 370. The zero-order valence-electron chi connectivity index (χ0n) is 8.61. The van der Waals surface area contributed by atoms with E-state index in [4.69, 9.17) is 0 Å². The van der Waals surface area contributed by atoms with Gasteiger partial charge in [-0.05, 0) is 25.0 Å². The van der Waals surface area contributed by atoms with E-state index in [1.165, 1.54) is 25.0 Å². The van der Waals surface area contributed by atoms with Crippen LogP contribution in [-0.4, -0.2) is 9.38 Å². The quantitative estimate of drug-likeness (QED) is 0.674. The number of aromatic nitrogens is 2. The summed E-state index contributed by atoms with van der Waals surface area (Å²) in [6.45, 7) is 2.23. The summed E-state index contributed by atoms with van der Waals surface area (Å²) in [6.07, 6.45) is 9.10. The zero-order chi connectivity index (χ0) is 9.80. The van der Waals surface area contributed by atoms with Crippen molar-refractivity contribution in [3.05, 3.63) is 36.3 Å². The summed E-state index contributed by atoms with van der Waals surface area (Å²) in [4.78, 5) is 4.55. The summed E-state index contributed by atoms with van der Waals surface area (Å²) in [6, 6.07) is 6.10. The second-order valence-electron chi connectivity index (χ2n) is 3.66. The van der Waals surface area contributed by atoms with Gasteiger partial charge >= 0.3 is 0 Å². The first kappa shape index (κ1) is 9.25. The monoisotopic (exact) mass is 188 g/mol. The van der Waals surface area contributed by atoms with Gasteiger partial charge in [-0.2, -0.15) is 0 Å². The van der Waals surface area contributed by atoms with E-state index in [0.29, 0.717) is 0 Å². The van der Waals surface area contributed by atoms with Gasteiger partial charge in [-0.1, -0.05) is 25.8 Å². The van der Waals surface area contributed by atoms with Crippen LogP contribution in [0.1, 0.15) is 31.9 Å². The standard InChI is InChI=1S/C12H16N2/c1-2-3-4-7-11-10-14-9-6-5-8-12(14)13-11/h5-6,8-10H,2-4,7H2,1H3. The van der Waals surface area contributed by atoms with Crippen molar-refractivity contribution in [1.29, 1.82) is 0 Å². The third-order valence-electron chi connectivity index (χ3n) is 2.45. The molecule has 2 nitrogen and oxygen atoms in total. The Balaban J connectivity index is 2.11. The van der Waals surface area contributed by atoms with Crippen molar-refractivity contribution in [1.82, 2.24) is 9.38 Å². The molecule has 0 bridgehead atoms. The van der Waals surface area contributed by atoms with Crippen molar-refractivity contribution < 1.29 is 0 Å². The van der Waals surface area contributed by atoms with E-state index >= 15 is 0 Å². The van der Waals surface area contributed by atoms with Gasteiger partial charge in [-0.25, -0.2) is 4.98 Å². The van der Waals surface area contributed by atoms with Gasteiger partial charge in [0, 0.05) is 12.4 Å². The van der Waals surface area contributed by atoms with E-state index < -0.39 is 0 Å². The van der Waals surface area contributed by atoms with Gasteiger partial charge in [0.25, 0.3) is 0 Å². The van der Waals surface area contributed by atoms with Gasteiger partial charge < -0.3 is 4.40 Å². The fourth-order valence-electron chi connectivity index (χ4n) is 1.66. The van der Waals surface area contributed by atoms with Crippen molar-refractivity contribution in [3.8, 4) is 0 Å². The zero-order valence-corrected chi connectivity index (χ0v) is 8.61. The van der Waals surface area contributed by atoms with Crippen LogP contribution in [0.4, 0.5) is 0 Å². The van der Waals surface area contributed by atoms with E-state index in [2.05, 4.69) is 22.5 Å². The highest BCUT2D eigenvalue weighted by Crippen LogP contribution is 2.08. The molecule has 0 aliphatic rings. The van der Waals surface area contributed by atoms with Crippen LogP contribution < -0.4 is 0 Å². The first-order chi connectivity index (χ1) is 6.90. The van der Waals surface area contributed by atoms with E-state index in [1.807, 2.05) is 24.4 Å². The van der Waals surface area contributed by atoms with Crippen LogP contribution in [0.25, 0.3) is 5.65 Å². The van der Waals surface area contributed by atoms with Crippen molar-refractivity contribution in [2.45, 2.75) is 32.6 Å². The molecular weight excluding hydrogens is 172 g/mol. The summed E-state index contributed by atoms with van der Waals surface area (Å²) < 4.78 is 2.08. The van der Waals surface area contributed by atoms with Crippen LogP contribution in [-0.2, 0) is 6.42 Å². The number of pyridine rings is 1. The molecule has 0 amide bonds. The molecule has 0 aliphatic heterocycles. The smallest absolute Gasteiger partial charge is 0.136 e. The fraction of sp³-hybridized carbons (Fsp3) is 0.417. The molecule has 2 rings (SSSR count). The summed E-state index contributed by atoms with van der Waals surface area (Å²) in [5, 5.41) is 0. The number of imidazole rings is 1. The number of fused-ring (bicyclic) bond motifs is 1. The van der Waals surface area contributed by atoms with Crippen molar-refractivity contribution >= 4 is 5.65 Å². The molecule has 0 aromatic carbocycles. The van der Waals surface area contributed by atoms with Gasteiger partial charge in [0.15, 0.2) is 0 Å². The SMILES string of the molecule is CCCCCc1cn2ccccc2n1. The molecule has 14 heavy (non-hydrogen) atoms. The molecule has 2 heterocycles. The minimum absolute atomic E-state index is 1.05. The molecule has 0 aliphatic carbocycles. The molecule has 0 N–H and O–H groups in total. The lowest BCUT2D eigenvalue weighted by Crippen LogP contribution is -1.84. The van der Waals surface area contributed by atoms with E-state index in [-0.39, 0.29) is 0 Å². The normalized spacial score (nSPS) is 10.9. The maximum absolute atomic E-state index is 4.55. The second kappa shape index (κ2) is 4.27. The number of unbranched alkanes of at least 4 members (excludes halogenated alkanes) is 2. The Morgan fingerprint density at radius 1 is 1.29 bits per heavy atom. The maximum atomic E-state index is 4.55. The number of hydrogen-bond acceptors (Lipinski definition) is 1. The van der Waals surface area contributed by atoms with Gasteiger partial charge in [-0.15, -0.1) is 0 Å². The van der Waals surface area contributed by atoms with Crippen LogP contribution in [0, 0.1) is 0 Å². The number of aryl methyl sites for hydroxylation is 1. The van der Waals surface area contributed by atoms with Crippen molar-refractivity contribution in [2.75, 3.05) is 0 Å². The van der Waals surface area contributed by atoms with Crippen LogP contribution in [0.5, 0.6) is 0 Å². The second-order valence-corrected chi connectivity index (χ2v) is 3.66. The fourth-order valence-corrected chi connectivity index (χ4v) is 1.66. The lowest BCUT2D eigenvalue weighted by molar-refractivity contribution is 0.710. The number of nitrogens with zero attached hydrogens (tertiary/aromatic N) is 2. The van der Waals surface area contributed by atoms with Gasteiger partial charge in [0.05, 0.1) is 5.69 Å². The summed E-state index contributed by atoms with van der Waals surface area (Å²) in [5.41, 5.74) is 2.27. The van der Waals surface area contributed by atoms with Crippen LogP contribution in [0.3, 0.4) is 0 Å². The Kier molecular flexibility index (Phi) is 2.82. The predicted octanol–water partition coefficient (Wildman–Crippen LogP) is 3.07. The van der Waals surface area contributed by atoms with E-state index in [9.17, 15) is 0 Å². The molecule has 0 saturated carbocycles. The van der Waals surface area contributed by atoms with E-state index in [1.54, 1.807) is 0 Å². The first-order valence-corrected chi connectivity index (χ1v) is 5.33. The lowest BCUT2D eigenvalue weighted by atomic mass is 10.2. The molecule has 0 fully saturated rings. The van der Waals surface area contributed by atoms with Crippen LogP contribution >= 0.6 is 0 Å². The Morgan fingerprint density at radius 2 is 2.21 bits per heavy atom. The van der Waals surface area contributed by atoms with Gasteiger partial charge in [0.1, 0.15) is 5.65 Å². The summed E-state index contributed by atoms with van der Waals surface area (Å²) >= 11 is 0. The first-order valence-electron chi connectivity index (χ1n) is 5.33. The summed E-state index contributed by atoms with van der Waals surface area (Å²) in [7, 11) is 0. The van der Waals surface area contributed by atoms with Crippen LogP contribution in [0.2, 0.25) is 0 Å². The number of rotatable bonds is 4. The minimum atomic E-state index is 1.05. The average Bonchev–Trinajstić information content (AvgIpc) is 2.60. The number of hydrogen-bond donors (Lipinski definition) is 0. The molecule has 2 aromatic rings. The Hall–Kier alpha value is -1.31. The highest BCUT2D eigenvalue weighted by atomic mass is 15.0. The molecule has 0 atom stereocenters. The average molecular weight is 188 g/mol. The maximum Gasteiger partial charge on any atom is 0.136 e. The molecule has 0 spiro atoms. The largest absolute Gasteiger partial charge is 0.307 e. The van der Waals surface area contributed by atoms with Gasteiger partial charge in [0.2, 0.25) is 0 Å². The highest BCUT2D eigenvalue weighted by Gasteiger charge is 1.99. The third-order valence-corrected chi connectivity index (χ3v) is 2.45. The van der Waals surface area contributed by atoms with Crippen molar-refractivity contribution in [2.24, 2.45) is 0 Å². The Morgan fingerprint density at radius 3 is 3.00 bits per heavy atom. The van der Waals surface area contributed by atoms with Gasteiger partial charge in [-0.3, -0.25) is 0 Å². The molecule has 74 valence electrons. The van der Waals surface area contributed by atoms with Crippen molar-refractivity contribution in [3.63, 3.8) is 0 Å².